The smallest absolute Gasteiger partial charge is 0.179 e. The van der Waals surface area contributed by atoms with Crippen molar-refractivity contribution >= 4 is 23.4 Å². The molecule has 1 unspecified atom stereocenters. The van der Waals surface area contributed by atoms with Gasteiger partial charge in [0.25, 0.3) is 0 Å². The Morgan fingerprint density at radius 1 is 1.30 bits per heavy atom. The van der Waals surface area contributed by atoms with E-state index in [0.717, 1.165) is 28.0 Å². The number of aryl methyl sites for hydroxylation is 2. The molecule has 1 aromatic carbocycles. The molecule has 104 valence electrons. The van der Waals surface area contributed by atoms with Crippen LogP contribution in [0, 0.1) is 4.77 Å². The average Bonchev–Trinajstić information content (AvgIpc) is 2.96. The van der Waals surface area contributed by atoms with Gasteiger partial charge in [0.05, 0.1) is 11.7 Å². The van der Waals surface area contributed by atoms with E-state index >= 15 is 0 Å². The van der Waals surface area contributed by atoms with E-state index in [4.69, 9.17) is 12.2 Å². The van der Waals surface area contributed by atoms with Crippen LogP contribution in [0.3, 0.4) is 0 Å². The summed E-state index contributed by atoms with van der Waals surface area (Å²) in [6.07, 6.45) is 0.895. The van der Waals surface area contributed by atoms with Gasteiger partial charge >= 0.3 is 0 Å². The van der Waals surface area contributed by atoms with Gasteiger partial charge < -0.3 is 4.98 Å². The Balaban J connectivity index is 2.24. The van der Waals surface area contributed by atoms with Crippen LogP contribution in [-0.2, 0) is 13.5 Å². The molecule has 3 rings (SSSR count). The van der Waals surface area contributed by atoms with Crippen molar-refractivity contribution in [2.45, 2.75) is 26.3 Å². The number of nitrogens with one attached hydrogen (secondary N) is 1. The number of aromatic nitrogens is 4. The molecule has 0 bridgehead atoms. The molecule has 0 saturated carbocycles. The highest BCUT2D eigenvalue weighted by Gasteiger charge is 2.18. The first kappa shape index (κ1) is 13.1. The zero-order valence-electron chi connectivity index (χ0n) is 11.9. The highest BCUT2D eigenvalue weighted by Crippen LogP contribution is 2.25. The molecule has 0 aliphatic carbocycles. The maximum absolute atomic E-state index is 5.52. The molecular weight excluding hydrogens is 268 g/mol. The van der Waals surface area contributed by atoms with Crippen molar-refractivity contribution in [1.82, 2.24) is 19.3 Å². The molecule has 0 fully saturated rings. The lowest BCUT2D eigenvalue weighted by atomic mass is 10.1. The van der Waals surface area contributed by atoms with E-state index < -0.39 is 0 Å². The molecule has 2 heterocycles. The summed E-state index contributed by atoms with van der Waals surface area (Å²) in [4.78, 5) is 3.31. The van der Waals surface area contributed by atoms with Crippen molar-refractivity contribution in [3.63, 3.8) is 0 Å². The molecule has 4 nitrogen and oxygen atoms in total. The highest BCUT2D eigenvalue weighted by molar-refractivity contribution is 7.71. The molecule has 0 aliphatic heterocycles. The van der Waals surface area contributed by atoms with Crippen LogP contribution in [0.4, 0.5) is 0 Å². The normalized spacial score (nSPS) is 12.9. The van der Waals surface area contributed by atoms with E-state index in [0.29, 0.717) is 0 Å². The number of imidazole rings is 1. The van der Waals surface area contributed by atoms with Crippen LogP contribution in [-0.4, -0.2) is 19.3 Å². The number of aromatic amines is 1. The molecular formula is C15H18N4S. The summed E-state index contributed by atoms with van der Waals surface area (Å²) in [6.45, 7) is 4.27. The summed E-state index contributed by atoms with van der Waals surface area (Å²) in [5.74, 6) is 0. The summed E-state index contributed by atoms with van der Waals surface area (Å²) in [5, 5.41) is 4.56. The topological polar surface area (TPSA) is 38.5 Å². The lowest BCUT2D eigenvalue weighted by molar-refractivity contribution is 0.619. The summed E-state index contributed by atoms with van der Waals surface area (Å²) < 4.78 is 4.81. The number of rotatable bonds is 3. The lowest BCUT2D eigenvalue weighted by Crippen LogP contribution is -2.09. The van der Waals surface area contributed by atoms with E-state index in [1.54, 1.807) is 0 Å². The molecule has 2 aromatic heterocycles. The van der Waals surface area contributed by atoms with Gasteiger partial charge in [-0.15, -0.1) is 0 Å². The Morgan fingerprint density at radius 2 is 2.00 bits per heavy atom. The first-order valence-corrected chi connectivity index (χ1v) is 7.25. The summed E-state index contributed by atoms with van der Waals surface area (Å²) in [5.41, 5.74) is 4.42. The monoisotopic (exact) mass is 286 g/mol. The number of nitrogens with zero attached hydrogens (tertiary/aromatic N) is 3. The van der Waals surface area contributed by atoms with Gasteiger partial charge in [0.2, 0.25) is 0 Å². The van der Waals surface area contributed by atoms with Gasteiger partial charge in [-0.25, -0.2) is 0 Å². The van der Waals surface area contributed by atoms with E-state index in [-0.39, 0.29) is 6.04 Å². The van der Waals surface area contributed by atoms with Gasteiger partial charge in [-0.1, -0.05) is 37.3 Å². The third-order valence-electron chi connectivity index (χ3n) is 3.77. The number of fused-ring (bicyclic) bond motifs is 1. The summed E-state index contributed by atoms with van der Waals surface area (Å²) in [6, 6.07) is 10.6. The SMILES string of the molecule is CCc1nn(C)c2c1[nH]c(=S)n2C(C)c1ccccc1. The fourth-order valence-electron chi connectivity index (χ4n) is 2.72. The minimum atomic E-state index is 0.178. The van der Waals surface area contributed by atoms with Crippen LogP contribution >= 0.6 is 12.2 Å². The van der Waals surface area contributed by atoms with E-state index in [2.05, 4.69) is 52.8 Å². The van der Waals surface area contributed by atoms with E-state index in [1.165, 1.54) is 5.56 Å². The molecule has 3 aromatic rings. The van der Waals surface area contributed by atoms with Gasteiger partial charge in [0.1, 0.15) is 5.52 Å². The number of hydrogen-bond donors (Lipinski definition) is 1. The zero-order valence-corrected chi connectivity index (χ0v) is 12.7. The van der Waals surface area contributed by atoms with Crippen LogP contribution in [0.15, 0.2) is 30.3 Å². The van der Waals surface area contributed by atoms with Crippen molar-refractivity contribution in [2.75, 3.05) is 0 Å². The van der Waals surface area contributed by atoms with Crippen LogP contribution in [0.2, 0.25) is 0 Å². The fourth-order valence-corrected chi connectivity index (χ4v) is 3.07. The largest absolute Gasteiger partial charge is 0.328 e. The second-order valence-electron chi connectivity index (χ2n) is 5.01. The third kappa shape index (κ3) is 1.89. The van der Waals surface area contributed by atoms with Crippen molar-refractivity contribution in [1.29, 1.82) is 0 Å². The second kappa shape index (κ2) is 4.90. The Labute approximate surface area is 123 Å². The maximum atomic E-state index is 5.52. The van der Waals surface area contributed by atoms with Crippen molar-refractivity contribution in [3.05, 3.63) is 46.4 Å². The standard InChI is InChI=1S/C15H18N4S/c1-4-12-13-14(18(3)17-12)19(15(20)16-13)10(2)11-8-6-5-7-9-11/h5-10H,4H2,1-3H3,(H,16,20). The van der Waals surface area contributed by atoms with Crippen LogP contribution in [0.5, 0.6) is 0 Å². The molecule has 0 saturated heterocycles. The Bertz CT molecular complexity index is 794. The van der Waals surface area contributed by atoms with Gasteiger partial charge in [-0.3, -0.25) is 9.25 Å². The average molecular weight is 286 g/mol. The first-order chi connectivity index (χ1) is 9.63. The Hall–Kier alpha value is -1.88. The highest BCUT2D eigenvalue weighted by atomic mass is 32.1. The number of hydrogen-bond acceptors (Lipinski definition) is 2. The third-order valence-corrected chi connectivity index (χ3v) is 4.07. The quantitative estimate of drug-likeness (QED) is 0.747. The molecule has 0 radical (unpaired) electrons. The molecule has 5 heteroatoms. The zero-order chi connectivity index (χ0) is 14.3. The maximum Gasteiger partial charge on any atom is 0.179 e. The minimum Gasteiger partial charge on any atom is -0.328 e. The fraction of sp³-hybridized carbons (Fsp3) is 0.333. The van der Waals surface area contributed by atoms with Crippen molar-refractivity contribution in [2.24, 2.45) is 7.05 Å². The van der Waals surface area contributed by atoms with Crippen LogP contribution < -0.4 is 0 Å². The van der Waals surface area contributed by atoms with E-state index in [1.807, 2.05) is 17.8 Å². The summed E-state index contributed by atoms with van der Waals surface area (Å²) >= 11 is 5.52. The number of benzene rings is 1. The second-order valence-corrected chi connectivity index (χ2v) is 5.40. The van der Waals surface area contributed by atoms with Gasteiger partial charge in [0, 0.05) is 7.05 Å². The number of H-pyrrole nitrogens is 1. The lowest BCUT2D eigenvalue weighted by Gasteiger charge is -2.15. The van der Waals surface area contributed by atoms with Crippen LogP contribution in [0.25, 0.3) is 11.2 Å². The molecule has 0 amide bonds. The Morgan fingerprint density at radius 3 is 2.65 bits per heavy atom. The first-order valence-electron chi connectivity index (χ1n) is 6.84. The van der Waals surface area contributed by atoms with Gasteiger partial charge in [0.15, 0.2) is 10.4 Å². The van der Waals surface area contributed by atoms with Crippen LogP contribution in [0.1, 0.15) is 31.1 Å². The molecule has 0 spiro atoms. The molecule has 1 atom stereocenters. The minimum absolute atomic E-state index is 0.178. The molecule has 1 N–H and O–H groups in total. The van der Waals surface area contributed by atoms with Crippen molar-refractivity contribution in [3.8, 4) is 0 Å². The van der Waals surface area contributed by atoms with Crippen molar-refractivity contribution < 1.29 is 0 Å². The van der Waals surface area contributed by atoms with E-state index in [9.17, 15) is 0 Å². The summed E-state index contributed by atoms with van der Waals surface area (Å²) in [7, 11) is 1.97. The molecule has 20 heavy (non-hydrogen) atoms. The molecule has 0 aliphatic rings. The van der Waals surface area contributed by atoms with Gasteiger partial charge in [-0.2, -0.15) is 5.10 Å². The predicted octanol–water partition coefficient (Wildman–Crippen LogP) is 3.60. The predicted molar refractivity (Wildman–Crippen MR) is 83.5 cm³/mol. The van der Waals surface area contributed by atoms with Gasteiger partial charge in [-0.05, 0) is 31.1 Å². The Kier molecular flexibility index (Phi) is 3.22.